The molecule has 2 amide bonds. The van der Waals surface area contributed by atoms with E-state index >= 15 is 0 Å². The molecule has 0 radical (unpaired) electrons. The van der Waals surface area contributed by atoms with Crippen molar-refractivity contribution in [2.75, 3.05) is 13.1 Å². The Morgan fingerprint density at radius 1 is 1.20 bits per heavy atom. The molecule has 0 aliphatic carbocycles. The zero-order valence-electron chi connectivity index (χ0n) is 9.58. The number of piperidine rings is 1. The van der Waals surface area contributed by atoms with E-state index in [1.807, 2.05) is 13.8 Å². The minimum Gasteiger partial charge on any atom is -0.353 e. The van der Waals surface area contributed by atoms with Gasteiger partial charge in [0.05, 0.1) is 0 Å². The average molecular weight is 212 g/mol. The van der Waals surface area contributed by atoms with Crippen LogP contribution in [-0.4, -0.2) is 35.8 Å². The number of hydrogen-bond acceptors (Lipinski definition) is 2. The Labute approximate surface area is 91.0 Å². The van der Waals surface area contributed by atoms with Crippen molar-refractivity contribution in [1.29, 1.82) is 0 Å². The summed E-state index contributed by atoms with van der Waals surface area (Å²) in [5, 5.41) is 2.73. The summed E-state index contributed by atoms with van der Waals surface area (Å²) in [7, 11) is 0. The molecule has 1 saturated heterocycles. The van der Waals surface area contributed by atoms with Gasteiger partial charge in [-0.2, -0.15) is 0 Å². The first-order chi connectivity index (χ1) is 7.09. The average Bonchev–Trinajstić information content (AvgIpc) is 2.17. The maximum Gasteiger partial charge on any atom is 0.232 e. The van der Waals surface area contributed by atoms with Crippen LogP contribution in [0, 0.1) is 0 Å². The molecule has 1 heterocycles. The fourth-order valence-electron chi connectivity index (χ4n) is 1.77. The summed E-state index contributed by atoms with van der Waals surface area (Å²) in [4.78, 5) is 24.8. The van der Waals surface area contributed by atoms with Gasteiger partial charge in [0.1, 0.15) is 6.42 Å². The van der Waals surface area contributed by atoms with E-state index in [1.165, 1.54) is 6.42 Å². The smallest absolute Gasteiger partial charge is 0.232 e. The lowest BCUT2D eigenvalue weighted by atomic mass is 10.1. The number of nitrogens with zero attached hydrogens (tertiary/aromatic N) is 1. The summed E-state index contributed by atoms with van der Waals surface area (Å²) in [6, 6.07) is 0.103. The van der Waals surface area contributed by atoms with E-state index in [0.29, 0.717) is 0 Å². The topological polar surface area (TPSA) is 49.4 Å². The lowest BCUT2D eigenvalue weighted by Crippen LogP contribution is -2.40. The molecule has 0 atom stereocenters. The van der Waals surface area contributed by atoms with Crippen LogP contribution >= 0.6 is 0 Å². The molecule has 4 nitrogen and oxygen atoms in total. The van der Waals surface area contributed by atoms with E-state index in [0.717, 1.165) is 25.9 Å². The quantitative estimate of drug-likeness (QED) is 0.707. The molecular weight excluding hydrogens is 192 g/mol. The van der Waals surface area contributed by atoms with E-state index in [-0.39, 0.29) is 24.3 Å². The Morgan fingerprint density at radius 2 is 1.80 bits per heavy atom. The first-order valence-corrected chi connectivity index (χ1v) is 5.66. The molecule has 15 heavy (non-hydrogen) atoms. The Bertz CT molecular complexity index is 233. The van der Waals surface area contributed by atoms with Gasteiger partial charge in [-0.1, -0.05) is 0 Å². The monoisotopic (exact) mass is 212 g/mol. The molecule has 0 aromatic rings. The third-order valence-electron chi connectivity index (χ3n) is 2.47. The summed E-state index contributed by atoms with van der Waals surface area (Å²) in [5.74, 6) is -0.201. The predicted molar refractivity (Wildman–Crippen MR) is 58.3 cm³/mol. The van der Waals surface area contributed by atoms with Crippen LogP contribution in [0.4, 0.5) is 0 Å². The molecule has 1 aliphatic heterocycles. The van der Waals surface area contributed by atoms with Gasteiger partial charge in [0.2, 0.25) is 11.8 Å². The highest BCUT2D eigenvalue weighted by Crippen LogP contribution is 2.09. The van der Waals surface area contributed by atoms with Crippen LogP contribution in [0.5, 0.6) is 0 Å². The normalized spacial score (nSPS) is 16.6. The Hall–Kier alpha value is -1.06. The van der Waals surface area contributed by atoms with Crippen LogP contribution < -0.4 is 5.32 Å². The summed E-state index contributed by atoms with van der Waals surface area (Å²) in [5.41, 5.74) is 0. The minimum atomic E-state index is -0.166. The number of rotatable bonds is 3. The highest BCUT2D eigenvalue weighted by atomic mass is 16.2. The SMILES string of the molecule is CC(C)NC(=O)CC(=O)N1CCCCC1. The van der Waals surface area contributed by atoms with Crippen LogP contribution in [0.3, 0.4) is 0 Å². The van der Waals surface area contributed by atoms with Crippen LogP contribution in [0.15, 0.2) is 0 Å². The Morgan fingerprint density at radius 3 is 2.33 bits per heavy atom. The summed E-state index contributed by atoms with van der Waals surface area (Å²) in [6.07, 6.45) is 3.33. The third kappa shape index (κ3) is 4.32. The van der Waals surface area contributed by atoms with Crippen molar-refractivity contribution in [1.82, 2.24) is 10.2 Å². The fraction of sp³-hybridized carbons (Fsp3) is 0.818. The highest BCUT2D eigenvalue weighted by Gasteiger charge is 2.19. The molecule has 0 unspecified atom stereocenters. The zero-order valence-corrected chi connectivity index (χ0v) is 9.58. The molecular formula is C11H20N2O2. The molecule has 1 fully saturated rings. The fourth-order valence-corrected chi connectivity index (χ4v) is 1.77. The number of carbonyl (C=O) groups is 2. The van der Waals surface area contributed by atoms with Gasteiger partial charge in [-0.15, -0.1) is 0 Å². The number of nitrogens with one attached hydrogen (secondary N) is 1. The maximum atomic E-state index is 11.7. The lowest BCUT2D eigenvalue weighted by Gasteiger charge is -2.26. The van der Waals surface area contributed by atoms with Crippen molar-refractivity contribution in [3.63, 3.8) is 0 Å². The molecule has 0 aromatic heterocycles. The Balaban J connectivity index is 2.30. The van der Waals surface area contributed by atoms with Gasteiger partial charge >= 0.3 is 0 Å². The van der Waals surface area contributed by atoms with Crippen molar-refractivity contribution in [3.05, 3.63) is 0 Å². The van der Waals surface area contributed by atoms with Crippen molar-refractivity contribution < 1.29 is 9.59 Å². The third-order valence-corrected chi connectivity index (χ3v) is 2.47. The maximum absolute atomic E-state index is 11.7. The number of carbonyl (C=O) groups excluding carboxylic acids is 2. The molecule has 1 rings (SSSR count). The largest absolute Gasteiger partial charge is 0.353 e. The van der Waals surface area contributed by atoms with Gasteiger partial charge in [0.15, 0.2) is 0 Å². The first-order valence-electron chi connectivity index (χ1n) is 5.66. The van der Waals surface area contributed by atoms with Gasteiger partial charge in [-0.3, -0.25) is 9.59 Å². The van der Waals surface area contributed by atoms with Crippen LogP contribution in [0.25, 0.3) is 0 Å². The first kappa shape index (κ1) is 12.0. The second-order valence-corrected chi connectivity index (χ2v) is 4.34. The highest BCUT2D eigenvalue weighted by molar-refractivity contribution is 5.96. The van der Waals surface area contributed by atoms with E-state index in [1.54, 1.807) is 4.90 Å². The van der Waals surface area contributed by atoms with Crippen LogP contribution in [0.2, 0.25) is 0 Å². The van der Waals surface area contributed by atoms with Crippen molar-refractivity contribution in [2.24, 2.45) is 0 Å². The zero-order chi connectivity index (χ0) is 11.3. The summed E-state index contributed by atoms with van der Waals surface area (Å²) < 4.78 is 0. The minimum absolute atomic E-state index is 0.00181. The van der Waals surface area contributed by atoms with Crippen molar-refractivity contribution in [3.8, 4) is 0 Å². The van der Waals surface area contributed by atoms with Gasteiger partial charge in [-0.05, 0) is 33.1 Å². The standard InChI is InChI=1S/C11H20N2O2/c1-9(2)12-10(14)8-11(15)13-6-4-3-5-7-13/h9H,3-8H2,1-2H3,(H,12,14). The predicted octanol–water partition coefficient (Wildman–Crippen LogP) is 0.914. The van der Waals surface area contributed by atoms with E-state index in [2.05, 4.69) is 5.32 Å². The van der Waals surface area contributed by atoms with Crippen LogP contribution in [-0.2, 0) is 9.59 Å². The molecule has 1 N–H and O–H groups in total. The number of amides is 2. The lowest BCUT2D eigenvalue weighted by molar-refractivity contribution is -0.136. The van der Waals surface area contributed by atoms with Crippen molar-refractivity contribution >= 4 is 11.8 Å². The van der Waals surface area contributed by atoms with Crippen molar-refractivity contribution in [2.45, 2.75) is 45.6 Å². The summed E-state index contributed by atoms with van der Waals surface area (Å²) in [6.45, 7) is 5.41. The molecule has 86 valence electrons. The Kier molecular flexibility index (Phi) is 4.59. The molecule has 4 heteroatoms. The number of hydrogen-bond donors (Lipinski definition) is 1. The van der Waals surface area contributed by atoms with Gasteiger partial charge < -0.3 is 10.2 Å². The van der Waals surface area contributed by atoms with E-state index < -0.39 is 0 Å². The van der Waals surface area contributed by atoms with Crippen LogP contribution in [0.1, 0.15) is 39.5 Å². The summed E-state index contributed by atoms with van der Waals surface area (Å²) >= 11 is 0. The molecule has 0 bridgehead atoms. The van der Waals surface area contributed by atoms with E-state index in [4.69, 9.17) is 0 Å². The van der Waals surface area contributed by atoms with Gasteiger partial charge in [0, 0.05) is 19.1 Å². The molecule has 0 aromatic carbocycles. The van der Waals surface area contributed by atoms with E-state index in [9.17, 15) is 9.59 Å². The second kappa shape index (κ2) is 5.73. The molecule has 1 aliphatic rings. The number of likely N-dealkylation sites (tertiary alicyclic amines) is 1. The molecule has 0 saturated carbocycles. The van der Waals surface area contributed by atoms with Gasteiger partial charge in [-0.25, -0.2) is 0 Å². The van der Waals surface area contributed by atoms with Gasteiger partial charge in [0.25, 0.3) is 0 Å². The second-order valence-electron chi connectivity index (χ2n) is 4.34. The molecule has 0 spiro atoms.